The molecule has 0 rings (SSSR count). The maximum absolute atomic E-state index is 9.31. The predicted octanol–water partition coefficient (Wildman–Crippen LogP) is 0.587. The molecule has 0 bridgehead atoms. The summed E-state index contributed by atoms with van der Waals surface area (Å²) in [6.45, 7) is 6.02. The van der Waals surface area contributed by atoms with Gasteiger partial charge in [-0.2, -0.15) is 0 Å². The highest BCUT2D eigenvalue weighted by Crippen LogP contribution is 2.10. The smallest absolute Gasteiger partial charge is 0.0681 e. The molecule has 0 aromatic carbocycles. The number of nitrogens with zero attached hydrogens (tertiary/aromatic N) is 1. The van der Waals surface area contributed by atoms with Crippen LogP contribution in [-0.4, -0.2) is 29.3 Å². The van der Waals surface area contributed by atoms with Crippen molar-refractivity contribution in [1.82, 2.24) is 5.01 Å². The van der Waals surface area contributed by atoms with E-state index >= 15 is 0 Å². The molecule has 0 heterocycles. The third-order valence-electron chi connectivity index (χ3n) is 1.79. The molecular weight excluding hydrogens is 140 g/mol. The monoisotopic (exact) mass is 160 g/mol. The van der Waals surface area contributed by atoms with E-state index in [-0.39, 0.29) is 12.1 Å². The summed E-state index contributed by atoms with van der Waals surface area (Å²) >= 11 is 0. The highest BCUT2D eigenvalue weighted by atomic mass is 16.3. The van der Waals surface area contributed by atoms with E-state index in [0.29, 0.717) is 5.92 Å². The van der Waals surface area contributed by atoms with Crippen molar-refractivity contribution < 1.29 is 5.11 Å². The largest absolute Gasteiger partial charge is 0.392 e. The minimum atomic E-state index is -0.354. The Labute approximate surface area is 69.2 Å². The highest BCUT2D eigenvalue weighted by molar-refractivity contribution is 4.71. The van der Waals surface area contributed by atoms with Crippen LogP contribution in [0.1, 0.15) is 27.2 Å². The molecule has 0 aromatic rings. The molecule has 2 atom stereocenters. The number of hydrogen-bond donors (Lipinski definition) is 2. The van der Waals surface area contributed by atoms with Crippen LogP contribution in [0.5, 0.6) is 0 Å². The molecule has 3 nitrogen and oxygen atoms in total. The third-order valence-corrected chi connectivity index (χ3v) is 1.79. The highest BCUT2D eigenvalue weighted by Gasteiger charge is 2.18. The fourth-order valence-electron chi connectivity index (χ4n) is 1.19. The maximum Gasteiger partial charge on any atom is 0.0681 e. The van der Waals surface area contributed by atoms with E-state index < -0.39 is 0 Å². The summed E-state index contributed by atoms with van der Waals surface area (Å²) in [5, 5.41) is 10.9. The number of nitrogens with two attached hydrogens (primary N) is 1. The minimum absolute atomic E-state index is 0.0787. The van der Waals surface area contributed by atoms with Crippen molar-refractivity contribution >= 4 is 0 Å². The molecule has 0 aliphatic carbocycles. The fraction of sp³-hybridized carbons (Fsp3) is 1.00. The van der Waals surface area contributed by atoms with Crippen LogP contribution in [0.2, 0.25) is 0 Å². The molecule has 0 aliphatic rings. The van der Waals surface area contributed by atoms with Crippen LogP contribution < -0.4 is 5.84 Å². The molecule has 0 amide bonds. The molecule has 3 heteroatoms. The fourth-order valence-corrected chi connectivity index (χ4v) is 1.19. The normalized spacial score (nSPS) is 17.5. The first kappa shape index (κ1) is 10.9. The van der Waals surface area contributed by atoms with Crippen molar-refractivity contribution in [1.29, 1.82) is 0 Å². The SMILES string of the molecule is CC(C)CC(C(C)O)N(C)N. The van der Waals surface area contributed by atoms with E-state index in [9.17, 15) is 5.11 Å². The van der Waals surface area contributed by atoms with Gasteiger partial charge in [-0.3, -0.25) is 5.84 Å². The number of aliphatic hydroxyl groups is 1. The second kappa shape index (κ2) is 4.70. The van der Waals surface area contributed by atoms with E-state index in [1.807, 2.05) is 0 Å². The molecule has 3 N–H and O–H groups in total. The summed E-state index contributed by atoms with van der Waals surface area (Å²) in [4.78, 5) is 0. The topological polar surface area (TPSA) is 49.5 Å². The second-order valence-corrected chi connectivity index (χ2v) is 3.60. The zero-order valence-corrected chi connectivity index (χ0v) is 7.91. The van der Waals surface area contributed by atoms with Gasteiger partial charge in [-0.05, 0) is 19.3 Å². The lowest BCUT2D eigenvalue weighted by Crippen LogP contribution is -2.44. The minimum Gasteiger partial charge on any atom is -0.392 e. The van der Waals surface area contributed by atoms with Gasteiger partial charge in [-0.1, -0.05) is 13.8 Å². The first-order valence-electron chi connectivity index (χ1n) is 4.10. The van der Waals surface area contributed by atoms with Crippen molar-refractivity contribution in [2.24, 2.45) is 11.8 Å². The standard InChI is InChI=1S/C8H20N2O/c1-6(2)5-8(7(3)11)10(4)9/h6-8,11H,5,9H2,1-4H3. The Morgan fingerprint density at radius 2 is 1.82 bits per heavy atom. The van der Waals surface area contributed by atoms with Gasteiger partial charge in [0.2, 0.25) is 0 Å². The first-order chi connectivity index (χ1) is 4.95. The number of aliphatic hydroxyl groups excluding tert-OH is 1. The second-order valence-electron chi connectivity index (χ2n) is 3.60. The van der Waals surface area contributed by atoms with Gasteiger partial charge in [0.05, 0.1) is 6.10 Å². The van der Waals surface area contributed by atoms with Crippen molar-refractivity contribution in [3.8, 4) is 0 Å². The average Bonchev–Trinajstić information content (AvgIpc) is 1.81. The van der Waals surface area contributed by atoms with E-state index in [1.165, 1.54) is 0 Å². The summed E-state index contributed by atoms with van der Waals surface area (Å²) in [6.07, 6.45) is 0.581. The Kier molecular flexibility index (Phi) is 4.65. The quantitative estimate of drug-likeness (QED) is 0.467. The Bertz CT molecular complexity index is 94.3. The zero-order valence-electron chi connectivity index (χ0n) is 7.91. The van der Waals surface area contributed by atoms with Crippen LogP contribution in [0.25, 0.3) is 0 Å². The molecule has 0 aliphatic heterocycles. The van der Waals surface area contributed by atoms with E-state index in [2.05, 4.69) is 13.8 Å². The predicted molar refractivity (Wildman–Crippen MR) is 46.9 cm³/mol. The third kappa shape index (κ3) is 4.35. The number of rotatable bonds is 4. The zero-order chi connectivity index (χ0) is 9.02. The van der Waals surface area contributed by atoms with Gasteiger partial charge in [0, 0.05) is 13.1 Å². The van der Waals surface area contributed by atoms with Gasteiger partial charge in [-0.15, -0.1) is 0 Å². The van der Waals surface area contributed by atoms with E-state index in [0.717, 1.165) is 6.42 Å². The van der Waals surface area contributed by atoms with Crippen LogP contribution in [0.4, 0.5) is 0 Å². The molecule has 0 saturated carbocycles. The summed E-state index contributed by atoms with van der Waals surface area (Å²) in [5.74, 6) is 6.13. The van der Waals surface area contributed by atoms with Crippen LogP contribution in [0.3, 0.4) is 0 Å². The van der Waals surface area contributed by atoms with Crippen LogP contribution in [0.15, 0.2) is 0 Å². The van der Waals surface area contributed by atoms with Crippen molar-refractivity contribution in [2.75, 3.05) is 7.05 Å². The summed E-state index contributed by atoms with van der Waals surface area (Å²) in [6, 6.07) is 0.0787. The van der Waals surface area contributed by atoms with E-state index in [4.69, 9.17) is 5.84 Å². The molecule has 68 valence electrons. The van der Waals surface area contributed by atoms with Gasteiger partial charge in [0.15, 0.2) is 0 Å². The van der Waals surface area contributed by atoms with Crippen molar-refractivity contribution in [3.05, 3.63) is 0 Å². The molecule has 0 aromatic heterocycles. The Morgan fingerprint density at radius 3 is 1.91 bits per heavy atom. The lowest BCUT2D eigenvalue weighted by Gasteiger charge is -2.27. The first-order valence-corrected chi connectivity index (χ1v) is 4.10. The van der Waals surface area contributed by atoms with Crippen LogP contribution >= 0.6 is 0 Å². The van der Waals surface area contributed by atoms with Crippen molar-refractivity contribution in [2.45, 2.75) is 39.3 Å². The van der Waals surface area contributed by atoms with Crippen LogP contribution in [0, 0.1) is 5.92 Å². The molecule has 2 unspecified atom stereocenters. The Balaban J connectivity index is 3.90. The van der Waals surface area contributed by atoms with Gasteiger partial charge < -0.3 is 5.11 Å². The van der Waals surface area contributed by atoms with Crippen molar-refractivity contribution in [3.63, 3.8) is 0 Å². The molecule has 11 heavy (non-hydrogen) atoms. The number of hydrogen-bond acceptors (Lipinski definition) is 3. The average molecular weight is 160 g/mol. The molecular formula is C8H20N2O. The lowest BCUT2D eigenvalue weighted by atomic mass is 10.00. The molecule has 0 radical (unpaired) electrons. The molecule has 0 spiro atoms. The summed E-state index contributed by atoms with van der Waals surface area (Å²) < 4.78 is 0. The van der Waals surface area contributed by atoms with E-state index in [1.54, 1.807) is 19.0 Å². The van der Waals surface area contributed by atoms with Gasteiger partial charge in [-0.25, -0.2) is 5.01 Å². The number of hydrazine groups is 1. The molecule has 0 fully saturated rings. The van der Waals surface area contributed by atoms with Gasteiger partial charge >= 0.3 is 0 Å². The van der Waals surface area contributed by atoms with Gasteiger partial charge in [0.1, 0.15) is 0 Å². The summed E-state index contributed by atoms with van der Waals surface area (Å²) in [5.41, 5.74) is 0. The molecule has 0 saturated heterocycles. The van der Waals surface area contributed by atoms with Gasteiger partial charge in [0.25, 0.3) is 0 Å². The number of likely N-dealkylation sites (N-methyl/N-ethyl adjacent to an activating group) is 1. The Morgan fingerprint density at radius 1 is 1.36 bits per heavy atom. The Hall–Kier alpha value is -0.120. The van der Waals surface area contributed by atoms with Crippen LogP contribution in [-0.2, 0) is 0 Å². The lowest BCUT2D eigenvalue weighted by molar-refractivity contribution is 0.0638. The maximum atomic E-state index is 9.31. The summed E-state index contributed by atoms with van der Waals surface area (Å²) in [7, 11) is 1.79.